The van der Waals surface area contributed by atoms with Crippen molar-refractivity contribution in [2.24, 2.45) is 18.9 Å². The number of nitrogens with one attached hydrogen (secondary N) is 1. The van der Waals surface area contributed by atoms with Gasteiger partial charge in [0, 0.05) is 19.4 Å². The highest BCUT2D eigenvalue weighted by Gasteiger charge is 2.47. The molecule has 7 nitrogen and oxygen atoms in total. The fraction of sp³-hybridized carbons (Fsp3) is 0.333. The number of aryl methyl sites for hydroxylation is 1. The predicted molar refractivity (Wildman–Crippen MR) is 102 cm³/mol. The van der Waals surface area contributed by atoms with Crippen LogP contribution in [0.15, 0.2) is 54.9 Å². The average Bonchev–Trinajstić information content (AvgIpc) is 3.24. The molecule has 1 fully saturated rings. The second kappa shape index (κ2) is 7.42. The molecule has 2 heterocycles. The second-order valence-electron chi connectivity index (χ2n) is 7.23. The van der Waals surface area contributed by atoms with Crippen molar-refractivity contribution in [1.82, 2.24) is 19.8 Å². The van der Waals surface area contributed by atoms with Crippen LogP contribution >= 0.6 is 0 Å². The van der Waals surface area contributed by atoms with E-state index in [-0.39, 0.29) is 36.1 Å². The second-order valence-corrected chi connectivity index (χ2v) is 7.23. The van der Waals surface area contributed by atoms with Crippen molar-refractivity contribution in [1.29, 1.82) is 0 Å². The Balaban J connectivity index is 1.52. The lowest BCUT2D eigenvalue weighted by Gasteiger charge is -2.21. The van der Waals surface area contributed by atoms with Gasteiger partial charge in [0.15, 0.2) is 0 Å². The third kappa shape index (κ3) is 3.24. The van der Waals surface area contributed by atoms with E-state index in [2.05, 4.69) is 10.3 Å². The minimum Gasteiger partial charge on any atom is -0.341 e. The van der Waals surface area contributed by atoms with Crippen molar-refractivity contribution in [3.05, 3.63) is 66.3 Å². The molecule has 0 spiro atoms. The van der Waals surface area contributed by atoms with Gasteiger partial charge in [-0.1, -0.05) is 42.5 Å². The lowest BCUT2D eigenvalue weighted by Crippen LogP contribution is -2.42. The van der Waals surface area contributed by atoms with Crippen LogP contribution in [0, 0.1) is 11.8 Å². The number of nitrogens with zero attached hydrogens (tertiary/aromatic N) is 3. The van der Waals surface area contributed by atoms with Gasteiger partial charge in [-0.05, 0) is 18.4 Å². The SMILES string of the molecule is Cn1ccnc1[C@@H](NC(=O)CN1C(=O)[C@H]2CC=CC[C@H]2C1=O)c1ccccc1. The maximum absolute atomic E-state index is 12.8. The van der Waals surface area contributed by atoms with E-state index in [0.717, 1.165) is 10.5 Å². The Morgan fingerprint density at radius 1 is 1.14 bits per heavy atom. The Kier molecular flexibility index (Phi) is 4.81. The summed E-state index contributed by atoms with van der Waals surface area (Å²) in [5, 5.41) is 2.94. The van der Waals surface area contributed by atoms with E-state index in [1.54, 1.807) is 6.20 Å². The predicted octanol–water partition coefficient (Wildman–Crippen LogP) is 1.58. The minimum absolute atomic E-state index is 0.247. The van der Waals surface area contributed by atoms with Crippen LogP contribution in [-0.4, -0.2) is 38.7 Å². The zero-order valence-corrected chi connectivity index (χ0v) is 15.6. The van der Waals surface area contributed by atoms with E-state index in [4.69, 9.17) is 0 Å². The highest BCUT2D eigenvalue weighted by atomic mass is 16.2. The minimum atomic E-state index is -0.467. The monoisotopic (exact) mass is 378 g/mol. The van der Waals surface area contributed by atoms with Crippen molar-refractivity contribution < 1.29 is 14.4 Å². The number of carbonyl (C=O) groups is 3. The number of rotatable bonds is 5. The van der Waals surface area contributed by atoms with Crippen LogP contribution in [-0.2, 0) is 21.4 Å². The van der Waals surface area contributed by atoms with Gasteiger partial charge in [0.1, 0.15) is 18.4 Å². The van der Waals surface area contributed by atoms with Gasteiger partial charge in [0.05, 0.1) is 11.8 Å². The zero-order valence-electron chi connectivity index (χ0n) is 15.6. The van der Waals surface area contributed by atoms with E-state index in [9.17, 15) is 14.4 Å². The molecule has 0 radical (unpaired) electrons. The lowest BCUT2D eigenvalue weighted by atomic mass is 9.85. The van der Waals surface area contributed by atoms with Crippen LogP contribution in [0.25, 0.3) is 0 Å². The number of hydrogen-bond acceptors (Lipinski definition) is 4. The van der Waals surface area contributed by atoms with Crippen LogP contribution in [0.2, 0.25) is 0 Å². The molecule has 3 amide bonds. The van der Waals surface area contributed by atoms with E-state index in [1.165, 1.54) is 0 Å². The molecule has 144 valence electrons. The summed E-state index contributed by atoms with van der Waals surface area (Å²) in [6, 6.07) is 9.03. The van der Waals surface area contributed by atoms with Crippen LogP contribution in [0.1, 0.15) is 30.3 Å². The first-order chi connectivity index (χ1) is 13.6. The van der Waals surface area contributed by atoms with Crippen molar-refractivity contribution >= 4 is 17.7 Å². The average molecular weight is 378 g/mol. The van der Waals surface area contributed by atoms with Gasteiger partial charge in [-0.15, -0.1) is 0 Å². The molecule has 2 aromatic rings. The summed E-state index contributed by atoms with van der Waals surface area (Å²) in [6.07, 6.45) is 8.47. The first-order valence-electron chi connectivity index (χ1n) is 9.38. The number of amides is 3. The Labute approximate surface area is 163 Å². The van der Waals surface area contributed by atoms with Gasteiger partial charge < -0.3 is 9.88 Å². The molecule has 1 aromatic carbocycles. The number of allylic oxidation sites excluding steroid dienone is 2. The molecule has 4 rings (SSSR count). The molecule has 0 saturated carbocycles. The third-order valence-electron chi connectivity index (χ3n) is 5.46. The molecule has 1 aliphatic heterocycles. The molecule has 0 unspecified atom stereocenters. The topological polar surface area (TPSA) is 84.3 Å². The fourth-order valence-corrected chi connectivity index (χ4v) is 3.97. The van der Waals surface area contributed by atoms with E-state index >= 15 is 0 Å². The molecule has 1 aromatic heterocycles. The fourth-order valence-electron chi connectivity index (χ4n) is 3.97. The Morgan fingerprint density at radius 2 is 1.79 bits per heavy atom. The van der Waals surface area contributed by atoms with Gasteiger partial charge >= 0.3 is 0 Å². The zero-order chi connectivity index (χ0) is 19.7. The van der Waals surface area contributed by atoms with Crippen molar-refractivity contribution in [2.75, 3.05) is 6.54 Å². The Morgan fingerprint density at radius 3 is 2.36 bits per heavy atom. The Bertz CT molecular complexity index is 908. The number of aromatic nitrogens is 2. The molecule has 1 saturated heterocycles. The third-order valence-corrected chi connectivity index (χ3v) is 5.46. The summed E-state index contributed by atoms with van der Waals surface area (Å²) in [7, 11) is 1.86. The van der Waals surface area contributed by atoms with Gasteiger partial charge in [0.25, 0.3) is 0 Å². The van der Waals surface area contributed by atoms with Gasteiger partial charge in [-0.2, -0.15) is 0 Å². The highest BCUT2D eigenvalue weighted by Crippen LogP contribution is 2.34. The van der Waals surface area contributed by atoms with Crippen LogP contribution in [0.5, 0.6) is 0 Å². The largest absolute Gasteiger partial charge is 0.341 e. The smallest absolute Gasteiger partial charge is 0.241 e. The molecule has 0 bridgehead atoms. The number of hydrogen-bond donors (Lipinski definition) is 1. The van der Waals surface area contributed by atoms with Crippen LogP contribution < -0.4 is 5.32 Å². The van der Waals surface area contributed by atoms with Crippen LogP contribution in [0.4, 0.5) is 0 Å². The van der Waals surface area contributed by atoms with Gasteiger partial charge in [0.2, 0.25) is 17.7 Å². The number of fused-ring (bicyclic) bond motifs is 1. The van der Waals surface area contributed by atoms with Gasteiger partial charge in [-0.25, -0.2) is 4.98 Å². The Hall–Kier alpha value is -3.22. The number of imide groups is 1. The summed E-state index contributed by atoms with van der Waals surface area (Å²) in [5.41, 5.74) is 0.877. The molecular weight excluding hydrogens is 356 g/mol. The number of imidazole rings is 1. The van der Waals surface area contributed by atoms with Crippen molar-refractivity contribution in [3.8, 4) is 0 Å². The highest BCUT2D eigenvalue weighted by molar-refractivity contribution is 6.07. The molecule has 3 atom stereocenters. The molecule has 1 aliphatic carbocycles. The van der Waals surface area contributed by atoms with E-state index < -0.39 is 6.04 Å². The number of benzene rings is 1. The maximum Gasteiger partial charge on any atom is 0.241 e. The number of likely N-dealkylation sites (tertiary alicyclic amines) is 1. The van der Waals surface area contributed by atoms with E-state index in [0.29, 0.717) is 18.7 Å². The molecule has 7 heteroatoms. The standard InChI is InChI=1S/C21H22N4O3/c1-24-12-11-22-19(24)18(14-7-3-2-4-8-14)23-17(26)13-25-20(27)15-9-5-6-10-16(15)21(25)28/h2-8,11-12,15-16,18H,9-10,13H2,1H3,(H,23,26)/t15-,16+,18-/m0/s1. The molecule has 2 aliphatic rings. The summed E-state index contributed by atoms with van der Waals surface area (Å²) < 4.78 is 1.84. The quantitative estimate of drug-likeness (QED) is 0.632. The van der Waals surface area contributed by atoms with Crippen molar-refractivity contribution in [3.63, 3.8) is 0 Å². The lowest BCUT2D eigenvalue weighted by molar-refractivity contribution is -0.143. The first-order valence-corrected chi connectivity index (χ1v) is 9.38. The van der Waals surface area contributed by atoms with Gasteiger partial charge in [-0.3, -0.25) is 19.3 Å². The summed E-state index contributed by atoms with van der Waals surface area (Å²) in [6.45, 7) is -0.265. The number of carbonyl (C=O) groups excluding carboxylic acids is 3. The summed E-state index contributed by atoms with van der Waals surface area (Å²) in [5.74, 6) is -0.860. The maximum atomic E-state index is 12.8. The molecule has 28 heavy (non-hydrogen) atoms. The van der Waals surface area contributed by atoms with E-state index in [1.807, 2.05) is 60.3 Å². The molecule has 1 N–H and O–H groups in total. The van der Waals surface area contributed by atoms with Crippen molar-refractivity contribution in [2.45, 2.75) is 18.9 Å². The summed E-state index contributed by atoms with van der Waals surface area (Å²) >= 11 is 0. The molecular formula is C21H22N4O3. The first kappa shape index (κ1) is 18.2. The normalized spacial score (nSPS) is 22.2. The summed E-state index contributed by atoms with van der Waals surface area (Å²) in [4.78, 5) is 43.4. The van der Waals surface area contributed by atoms with Crippen LogP contribution in [0.3, 0.4) is 0 Å².